The Hall–Kier alpha value is -1.10. The molecule has 1 N–H and O–H groups in total. The van der Waals surface area contributed by atoms with Crippen LogP contribution in [-0.4, -0.2) is 25.5 Å². The summed E-state index contributed by atoms with van der Waals surface area (Å²) in [6.07, 6.45) is 1.12. The molecule has 0 aliphatic carbocycles. The number of aryl methyl sites for hydroxylation is 1. The van der Waals surface area contributed by atoms with Crippen molar-refractivity contribution in [2.75, 3.05) is 20.6 Å². The Balaban J connectivity index is 1.85. The van der Waals surface area contributed by atoms with Crippen molar-refractivity contribution < 1.29 is 4.42 Å². The van der Waals surface area contributed by atoms with Crippen LogP contribution in [0.2, 0.25) is 0 Å². The van der Waals surface area contributed by atoms with Crippen LogP contribution in [0, 0.1) is 6.92 Å². The molecular weight excluding hydrogens is 256 g/mol. The highest BCUT2D eigenvalue weighted by molar-refractivity contribution is 7.09. The molecule has 0 amide bonds. The number of hydrogen-bond acceptors (Lipinski definition) is 4. The van der Waals surface area contributed by atoms with E-state index in [4.69, 9.17) is 4.42 Å². The summed E-state index contributed by atoms with van der Waals surface area (Å²) < 4.78 is 5.72. The predicted molar refractivity (Wildman–Crippen MR) is 80.6 cm³/mol. The zero-order valence-corrected chi connectivity index (χ0v) is 12.7. The maximum absolute atomic E-state index is 5.72. The average Bonchev–Trinajstić information content (AvgIpc) is 2.98. The van der Waals surface area contributed by atoms with Gasteiger partial charge in [0.15, 0.2) is 0 Å². The average molecular weight is 278 g/mol. The minimum absolute atomic E-state index is 0.791. The van der Waals surface area contributed by atoms with E-state index in [-0.39, 0.29) is 0 Å². The van der Waals surface area contributed by atoms with Crippen LogP contribution < -0.4 is 5.32 Å². The topological polar surface area (TPSA) is 28.4 Å². The van der Waals surface area contributed by atoms with Gasteiger partial charge in [-0.1, -0.05) is 6.07 Å². The predicted octanol–water partition coefficient (Wildman–Crippen LogP) is 3.04. The van der Waals surface area contributed by atoms with Gasteiger partial charge in [0, 0.05) is 23.5 Å². The molecule has 0 aliphatic heterocycles. The molecule has 0 saturated heterocycles. The van der Waals surface area contributed by atoms with E-state index in [0.29, 0.717) is 0 Å². The van der Waals surface area contributed by atoms with Crippen molar-refractivity contribution in [3.8, 4) is 0 Å². The fourth-order valence-corrected chi connectivity index (χ4v) is 2.83. The molecule has 4 heteroatoms. The normalized spacial score (nSPS) is 11.4. The third-order valence-corrected chi connectivity index (χ3v) is 4.12. The Kier molecular flexibility index (Phi) is 5.19. The molecule has 104 valence electrons. The highest BCUT2D eigenvalue weighted by atomic mass is 32.1. The van der Waals surface area contributed by atoms with Crippen LogP contribution in [0.1, 0.15) is 22.0 Å². The Morgan fingerprint density at radius 1 is 1.42 bits per heavy atom. The molecule has 3 nitrogen and oxygen atoms in total. The highest BCUT2D eigenvalue weighted by Gasteiger charge is 2.09. The Morgan fingerprint density at radius 2 is 2.26 bits per heavy atom. The van der Waals surface area contributed by atoms with Gasteiger partial charge in [-0.15, -0.1) is 11.3 Å². The van der Waals surface area contributed by atoms with E-state index in [9.17, 15) is 0 Å². The van der Waals surface area contributed by atoms with E-state index in [1.165, 1.54) is 10.4 Å². The summed E-state index contributed by atoms with van der Waals surface area (Å²) in [6, 6.07) is 6.48. The van der Waals surface area contributed by atoms with Gasteiger partial charge in [0.2, 0.25) is 0 Å². The molecule has 19 heavy (non-hydrogen) atoms. The first-order valence-corrected chi connectivity index (χ1v) is 7.50. The maximum atomic E-state index is 5.72. The fraction of sp³-hybridized carbons (Fsp3) is 0.467. The Bertz CT molecular complexity index is 490. The first-order valence-electron chi connectivity index (χ1n) is 6.62. The van der Waals surface area contributed by atoms with Crippen molar-refractivity contribution >= 4 is 11.3 Å². The van der Waals surface area contributed by atoms with E-state index >= 15 is 0 Å². The molecule has 0 fully saturated rings. The Labute approximate surface area is 119 Å². The number of hydrogen-bond donors (Lipinski definition) is 1. The second-order valence-electron chi connectivity index (χ2n) is 4.89. The van der Waals surface area contributed by atoms with Crippen molar-refractivity contribution in [2.45, 2.75) is 26.4 Å². The van der Waals surface area contributed by atoms with Crippen LogP contribution in [0.5, 0.6) is 0 Å². The summed E-state index contributed by atoms with van der Waals surface area (Å²) in [5.41, 5.74) is 1.29. The van der Waals surface area contributed by atoms with E-state index in [0.717, 1.165) is 37.6 Å². The summed E-state index contributed by atoms with van der Waals surface area (Å²) in [5, 5.41) is 5.25. The van der Waals surface area contributed by atoms with Gasteiger partial charge in [0.25, 0.3) is 0 Å². The first-order chi connectivity index (χ1) is 9.19. The molecule has 2 aromatic heterocycles. The van der Waals surface area contributed by atoms with Crippen LogP contribution in [-0.2, 0) is 19.5 Å². The second-order valence-corrected chi connectivity index (χ2v) is 5.92. The molecular formula is C15H22N2OS. The molecule has 0 bridgehead atoms. The van der Waals surface area contributed by atoms with Gasteiger partial charge in [0.1, 0.15) is 11.5 Å². The zero-order valence-electron chi connectivity index (χ0n) is 11.9. The maximum Gasteiger partial charge on any atom is 0.118 e. The standard InChI is InChI=1S/C15H22N2OS/c1-12-13(9-14(18-12)10-16-2)11-17(3)7-6-15-5-4-8-19-15/h4-5,8-9,16H,6-7,10-11H2,1-3H3. The second kappa shape index (κ2) is 6.89. The van der Waals surface area contributed by atoms with Crippen molar-refractivity contribution in [3.63, 3.8) is 0 Å². The van der Waals surface area contributed by atoms with Crippen LogP contribution in [0.3, 0.4) is 0 Å². The molecule has 0 aliphatic rings. The SMILES string of the molecule is CNCc1cc(CN(C)CCc2cccs2)c(C)o1. The van der Waals surface area contributed by atoms with Gasteiger partial charge in [-0.3, -0.25) is 0 Å². The van der Waals surface area contributed by atoms with Crippen molar-refractivity contribution in [1.82, 2.24) is 10.2 Å². The molecule has 2 rings (SSSR count). The van der Waals surface area contributed by atoms with Crippen LogP contribution in [0.15, 0.2) is 28.0 Å². The lowest BCUT2D eigenvalue weighted by Gasteiger charge is -2.15. The van der Waals surface area contributed by atoms with Gasteiger partial charge in [-0.05, 0) is 45.0 Å². The summed E-state index contributed by atoms with van der Waals surface area (Å²) >= 11 is 1.83. The summed E-state index contributed by atoms with van der Waals surface area (Å²) in [6.45, 7) is 4.86. The summed E-state index contributed by atoms with van der Waals surface area (Å²) in [7, 11) is 4.10. The van der Waals surface area contributed by atoms with Crippen LogP contribution >= 0.6 is 11.3 Å². The summed E-state index contributed by atoms with van der Waals surface area (Å²) in [5.74, 6) is 2.05. The lowest BCUT2D eigenvalue weighted by atomic mass is 10.2. The number of nitrogens with one attached hydrogen (secondary N) is 1. The zero-order chi connectivity index (χ0) is 13.7. The van der Waals surface area contributed by atoms with Crippen molar-refractivity contribution in [1.29, 1.82) is 0 Å². The number of likely N-dealkylation sites (N-methyl/N-ethyl adjacent to an activating group) is 1. The molecule has 2 aromatic rings. The van der Waals surface area contributed by atoms with Crippen LogP contribution in [0.4, 0.5) is 0 Å². The number of furan rings is 1. The van der Waals surface area contributed by atoms with Crippen molar-refractivity contribution in [3.05, 3.63) is 45.5 Å². The molecule has 0 spiro atoms. The summed E-state index contributed by atoms with van der Waals surface area (Å²) in [4.78, 5) is 3.80. The molecule has 0 aromatic carbocycles. The van der Waals surface area contributed by atoms with Gasteiger partial charge >= 0.3 is 0 Å². The first kappa shape index (κ1) is 14.3. The monoisotopic (exact) mass is 278 g/mol. The quantitative estimate of drug-likeness (QED) is 0.844. The number of nitrogens with zero attached hydrogens (tertiary/aromatic N) is 1. The Morgan fingerprint density at radius 3 is 2.95 bits per heavy atom. The van der Waals surface area contributed by atoms with Gasteiger partial charge in [0.05, 0.1) is 6.54 Å². The molecule has 0 radical (unpaired) electrons. The molecule has 2 heterocycles. The molecule has 0 unspecified atom stereocenters. The van der Waals surface area contributed by atoms with E-state index in [2.05, 4.69) is 40.8 Å². The number of rotatable bonds is 7. The minimum atomic E-state index is 0.791. The van der Waals surface area contributed by atoms with E-state index in [1.807, 2.05) is 25.3 Å². The molecule has 0 atom stereocenters. The third-order valence-electron chi connectivity index (χ3n) is 3.18. The van der Waals surface area contributed by atoms with E-state index in [1.54, 1.807) is 0 Å². The lowest BCUT2D eigenvalue weighted by Crippen LogP contribution is -2.20. The van der Waals surface area contributed by atoms with Gasteiger partial charge in [-0.2, -0.15) is 0 Å². The van der Waals surface area contributed by atoms with Gasteiger partial charge in [-0.25, -0.2) is 0 Å². The minimum Gasteiger partial charge on any atom is -0.465 e. The fourth-order valence-electron chi connectivity index (χ4n) is 2.13. The third kappa shape index (κ3) is 4.20. The van der Waals surface area contributed by atoms with Crippen molar-refractivity contribution in [2.24, 2.45) is 0 Å². The largest absolute Gasteiger partial charge is 0.465 e. The number of thiophene rings is 1. The van der Waals surface area contributed by atoms with Gasteiger partial charge < -0.3 is 14.6 Å². The van der Waals surface area contributed by atoms with E-state index < -0.39 is 0 Å². The molecule has 0 saturated carbocycles. The highest BCUT2D eigenvalue weighted by Crippen LogP contribution is 2.17. The lowest BCUT2D eigenvalue weighted by molar-refractivity contribution is 0.329. The smallest absolute Gasteiger partial charge is 0.118 e. The van der Waals surface area contributed by atoms with Crippen LogP contribution in [0.25, 0.3) is 0 Å².